The number of nitrogens with two attached hydrogens (primary N) is 1. The maximum absolute atomic E-state index is 12.6. The molecule has 0 bridgehead atoms. The normalized spacial score (nSPS) is 12.4. The van der Waals surface area contributed by atoms with Crippen molar-refractivity contribution in [1.29, 1.82) is 0 Å². The Bertz CT molecular complexity index is 712. The molecule has 0 saturated heterocycles. The third-order valence-electron chi connectivity index (χ3n) is 3.74. The number of carbonyl (C=O) groups is 1. The molecule has 1 unspecified atom stereocenters. The SMILES string of the molecule is CCN(Cc1ccc(-c2ccc(C(F)(F)F)cc2)o1)C(=O)CC(C)N.Cl. The van der Waals surface area contributed by atoms with Crippen LogP contribution in [0.2, 0.25) is 0 Å². The quantitative estimate of drug-likeness (QED) is 0.791. The Morgan fingerprint density at radius 3 is 2.31 bits per heavy atom. The maximum Gasteiger partial charge on any atom is 0.416 e. The third-order valence-corrected chi connectivity index (χ3v) is 3.74. The average Bonchev–Trinajstić information content (AvgIpc) is 2.99. The van der Waals surface area contributed by atoms with E-state index in [1.807, 2.05) is 6.92 Å². The molecule has 1 aromatic heterocycles. The zero-order valence-corrected chi connectivity index (χ0v) is 15.4. The van der Waals surface area contributed by atoms with Gasteiger partial charge in [-0.25, -0.2) is 0 Å². The fourth-order valence-corrected chi connectivity index (χ4v) is 2.41. The van der Waals surface area contributed by atoms with Gasteiger partial charge in [0.15, 0.2) is 0 Å². The number of alkyl halides is 3. The highest BCUT2D eigenvalue weighted by molar-refractivity contribution is 5.85. The summed E-state index contributed by atoms with van der Waals surface area (Å²) >= 11 is 0. The zero-order chi connectivity index (χ0) is 18.6. The zero-order valence-electron chi connectivity index (χ0n) is 14.5. The number of halogens is 4. The number of carbonyl (C=O) groups excluding carboxylic acids is 1. The van der Waals surface area contributed by atoms with Gasteiger partial charge >= 0.3 is 6.18 Å². The maximum atomic E-state index is 12.6. The van der Waals surface area contributed by atoms with Crippen LogP contribution in [0.3, 0.4) is 0 Å². The summed E-state index contributed by atoms with van der Waals surface area (Å²) in [6.07, 6.45) is -4.12. The van der Waals surface area contributed by atoms with Gasteiger partial charge in [0.2, 0.25) is 5.91 Å². The lowest BCUT2D eigenvalue weighted by Crippen LogP contribution is -2.34. The van der Waals surface area contributed by atoms with Crippen molar-refractivity contribution in [1.82, 2.24) is 4.90 Å². The van der Waals surface area contributed by atoms with E-state index in [-0.39, 0.29) is 30.8 Å². The molecule has 26 heavy (non-hydrogen) atoms. The van der Waals surface area contributed by atoms with E-state index in [9.17, 15) is 18.0 Å². The molecule has 1 aromatic carbocycles. The highest BCUT2D eigenvalue weighted by Crippen LogP contribution is 2.31. The first-order valence-electron chi connectivity index (χ1n) is 8.00. The molecule has 0 aliphatic rings. The van der Waals surface area contributed by atoms with Gasteiger partial charge in [0.25, 0.3) is 0 Å². The van der Waals surface area contributed by atoms with Crippen LogP contribution in [0.15, 0.2) is 40.8 Å². The van der Waals surface area contributed by atoms with Crippen LogP contribution < -0.4 is 5.73 Å². The molecule has 0 aliphatic carbocycles. The first kappa shape index (κ1) is 22.1. The van der Waals surface area contributed by atoms with Crippen molar-refractivity contribution in [3.63, 3.8) is 0 Å². The van der Waals surface area contributed by atoms with Crippen molar-refractivity contribution in [2.45, 2.75) is 39.0 Å². The van der Waals surface area contributed by atoms with E-state index in [1.54, 1.807) is 24.0 Å². The van der Waals surface area contributed by atoms with Crippen LogP contribution in [0.5, 0.6) is 0 Å². The van der Waals surface area contributed by atoms with Crippen LogP contribution in [-0.2, 0) is 17.5 Å². The second kappa shape index (κ2) is 9.09. The summed E-state index contributed by atoms with van der Waals surface area (Å²) in [4.78, 5) is 13.7. The molecule has 1 heterocycles. The van der Waals surface area contributed by atoms with Crippen molar-refractivity contribution in [2.24, 2.45) is 5.73 Å². The van der Waals surface area contributed by atoms with Gasteiger partial charge < -0.3 is 15.1 Å². The summed E-state index contributed by atoms with van der Waals surface area (Å²) in [5.41, 5.74) is 5.49. The second-order valence-electron chi connectivity index (χ2n) is 5.93. The van der Waals surface area contributed by atoms with Crippen molar-refractivity contribution >= 4 is 18.3 Å². The smallest absolute Gasteiger partial charge is 0.416 e. The monoisotopic (exact) mass is 390 g/mol. The largest absolute Gasteiger partial charge is 0.459 e. The minimum absolute atomic E-state index is 0. The summed E-state index contributed by atoms with van der Waals surface area (Å²) in [5.74, 6) is 0.958. The van der Waals surface area contributed by atoms with Crippen molar-refractivity contribution in [2.75, 3.05) is 6.54 Å². The van der Waals surface area contributed by atoms with Crippen LogP contribution in [0.1, 0.15) is 31.6 Å². The number of nitrogens with zero attached hydrogens (tertiary/aromatic N) is 1. The van der Waals surface area contributed by atoms with Gasteiger partial charge in [-0.1, -0.05) is 12.1 Å². The van der Waals surface area contributed by atoms with Gasteiger partial charge in [0, 0.05) is 24.6 Å². The molecule has 2 N–H and O–H groups in total. The number of rotatable bonds is 6. The predicted molar refractivity (Wildman–Crippen MR) is 95.8 cm³/mol. The Kier molecular flexibility index (Phi) is 7.71. The van der Waals surface area contributed by atoms with Gasteiger partial charge in [-0.05, 0) is 38.1 Å². The van der Waals surface area contributed by atoms with Crippen LogP contribution in [0, 0.1) is 0 Å². The standard InChI is InChI=1S/C18H21F3N2O2.ClH/c1-3-23(17(24)10-12(2)22)11-15-8-9-16(25-15)13-4-6-14(7-5-13)18(19,20)21;/h4-9,12H,3,10-11,22H2,1-2H3;1H. The Morgan fingerprint density at radius 1 is 1.19 bits per heavy atom. The van der Waals surface area contributed by atoms with E-state index in [4.69, 9.17) is 10.2 Å². The van der Waals surface area contributed by atoms with Crippen molar-refractivity contribution in [3.05, 3.63) is 47.7 Å². The first-order valence-corrected chi connectivity index (χ1v) is 8.00. The van der Waals surface area contributed by atoms with Gasteiger partial charge in [-0.2, -0.15) is 13.2 Å². The van der Waals surface area contributed by atoms with Crippen molar-refractivity contribution < 1.29 is 22.4 Å². The molecular weight excluding hydrogens is 369 g/mol. The van der Waals surface area contributed by atoms with E-state index in [1.165, 1.54) is 12.1 Å². The van der Waals surface area contributed by atoms with E-state index in [2.05, 4.69) is 0 Å². The third kappa shape index (κ3) is 5.78. The molecule has 2 aromatic rings. The highest BCUT2D eigenvalue weighted by Gasteiger charge is 2.30. The minimum atomic E-state index is -4.37. The number of hydrogen-bond donors (Lipinski definition) is 1. The summed E-state index contributed by atoms with van der Waals surface area (Å²) < 4.78 is 43.5. The molecule has 2 rings (SSSR count). The predicted octanol–water partition coefficient (Wildman–Crippen LogP) is 4.47. The molecular formula is C18H22ClF3N2O2. The Balaban J connectivity index is 0.00000338. The van der Waals surface area contributed by atoms with Gasteiger partial charge in [-0.15, -0.1) is 12.4 Å². The lowest BCUT2D eigenvalue weighted by molar-refractivity contribution is -0.137. The lowest BCUT2D eigenvalue weighted by Gasteiger charge is -2.20. The molecule has 0 fully saturated rings. The topological polar surface area (TPSA) is 59.5 Å². The van der Waals surface area contributed by atoms with Gasteiger partial charge in [0.05, 0.1) is 12.1 Å². The highest BCUT2D eigenvalue weighted by atomic mass is 35.5. The van der Waals surface area contributed by atoms with E-state index in [0.717, 1.165) is 12.1 Å². The molecule has 4 nitrogen and oxygen atoms in total. The van der Waals surface area contributed by atoms with Gasteiger partial charge in [-0.3, -0.25) is 4.79 Å². The van der Waals surface area contributed by atoms with Gasteiger partial charge in [0.1, 0.15) is 11.5 Å². The molecule has 144 valence electrons. The van der Waals surface area contributed by atoms with Crippen molar-refractivity contribution in [3.8, 4) is 11.3 Å². The number of furan rings is 1. The van der Waals surface area contributed by atoms with Crippen LogP contribution in [-0.4, -0.2) is 23.4 Å². The van der Waals surface area contributed by atoms with Crippen LogP contribution in [0.4, 0.5) is 13.2 Å². The molecule has 8 heteroatoms. The Hall–Kier alpha value is -1.99. The second-order valence-corrected chi connectivity index (χ2v) is 5.93. The number of amides is 1. The molecule has 0 aliphatic heterocycles. The molecule has 0 saturated carbocycles. The fourth-order valence-electron chi connectivity index (χ4n) is 2.41. The minimum Gasteiger partial charge on any atom is -0.459 e. The Morgan fingerprint density at radius 2 is 1.81 bits per heavy atom. The average molecular weight is 391 g/mol. The summed E-state index contributed by atoms with van der Waals surface area (Å²) in [5, 5.41) is 0. The molecule has 1 amide bonds. The first-order chi connectivity index (χ1) is 11.7. The van der Waals surface area contributed by atoms with Crippen LogP contribution >= 0.6 is 12.4 Å². The van der Waals surface area contributed by atoms with Crippen LogP contribution in [0.25, 0.3) is 11.3 Å². The fraction of sp³-hybridized carbons (Fsp3) is 0.389. The summed E-state index contributed by atoms with van der Waals surface area (Å²) in [7, 11) is 0. The van der Waals surface area contributed by atoms with E-state index < -0.39 is 11.7 Å². The molecule has 0 spiro atoms. The van der Waals surface area contributed by atoms with E-state index in [0.29, 0.717) is 30.2 Å². The summed E-state index contributed by atoms with van der Waals surface area (Å²) in [6.45, 7) is 4.44. The summed E-state index contributed by atoms with van der Waals surface area (Å²) in [6, 6.07) is 7.94. The molecule has 1 atom stereocenters. The van der Waals surface area contributed by atoms with E-state index >= 15 is 0 Å². The Labute approximate surface area is 156 Å². The lowest BCUT2D eigenvalue weighted by atomic mass is 10.1. The number of hydrogen-bond acceptors (Lipinski definition) is 3. The number of benzene rings is 1. The molecule has 0 radical (unpaired) electrons.